The molecule has 1 aromatic carbocycles. The third kappa shape index (κ3) is 3.15. The molecule has 0 saturated carbocycles. The van der Waals surface area contributed by atoms with Crippen LogP contribution >= 0.6 is 11.3 Å². The van der Waals surface area contributed by atoms with Gasteiger partial charge in [0.05, 0.1) is 10.5 Å². The topological polar surface area (TPSA) is 61.8 Å². The Bertz CT molecular complexity index is 869. The largest absolute Gasteiger partial charge is 0.352 e. The van der Waals surface area contributed by atoms with Crippen LogP contribution in [0.3, 0.4) is 0 Å². The van der Waals surface area contributed by atoms with E-state index in [1.165, 1.54) is 15.6 Å². The molecule has 1 aliphatic rings. The summed E-state index contributed by atoms with van der Waals surface area (Å²) in [5.74, 6) is 0.926. The number of guanidine groups is 1. The smallest absolute Gasteiger partial charge is 0.193 e. The van der Waals surface area contributed by atoms with Gasteiger partial charge in [-0.2, -0.15) is 0 Å². The third-order valence-corrected chi connectivity index (χ3v) is 8.10. The highest BCUT2D eigenvalue weighted by atomic mass is 32.2. The Labute approximate surface area is 147 Å². The van der Waals surface area contributed by atoms with Crippen LogP contribution in [0.15, 0.2) is 34.6 Å². The molecule has 130 valence electrons. The zero-order valence-corrected chi connectivity index (χ0v) is 15.9. The van der Waals surface area contributed by atoms with E-state index in [0.717, 1.165) is 5.96 Å². The second kappa shape index (κ2) is 6.37. The molecule has 24 heavy (non-hydrogen) atoms. The molecule has 5 nitrogen and oxygen atoms in total. The van der Waals surface area contributed by atoms with Crippen molar-refractivity contribution in [3.63, 3.8) is 0 Å². The summed E-state index contributed by atoms with van der Waals surface area (Å²) >= 11 is 1.74. The quantitative estimate of drug-likeness (QED) is 0.656. The minimum absolute atomic E-state index is 0.169. The van der Waals surface area contributed by atoms with Crippen molar-refractivity contribution in [1.29, 1.82) is 0 Å². The number of hydrogen-bond acceptors (Lipinski definition) is 4. The summed E-state index contributed by atoms with van der Waals surface area (Å²) in [5.41, 5.74) is 1.24. The van der Waals surface area contributed by atoms with Crippen LogP contribution in [-0.4, -0.2) is 49.9 Å². The van der Waals surface area contributed by atoms with Crippen molar-refractivity contribution < 1.29 is 8.42 Å². The van der Waals surface area contributed by atoms with Crippen molar-refractivity contribution in [1.82, 2.24) is 10.2 Å². The molecule has 0 amide bonds. The van der Waals surface area contributed by atoms with Gasteiger partial charge in [-0.15, -0.1) is 11.3 Å². The van der Waals surface area contributed by atoms with Crippen molar-refractivity contribution >= 4 is 37.2 Å². The third-order valence-electron chi connectivity index (χ3n) is 4.55. The number of sulfone groups is 1. The molecule has 0 radical (unpaired) electrons. The van der Waals surface area contributed by atoms with Crippen LogP contribution in [0.4, 0.5) is 0 Å². The van der Waals surface area contributed by atoms with Gasteiger partial charge in [0.1, 0.15) is 0 Å². The monoisotopic (exact) mass is 365 g/mol. The molecule has 0 atom stereocenters. The fourth-order valence-electron chi connectivity index (χ4n) is 3.00. The van der Waals surface area contributed by atoms with E-state index in [1.807, 2.05) is 17.0 Å². The van der Waals surface area contributed by atoms with Gasteiger partial charge in [-0.25, -0.2) is 8.42 Å². The molecule has 2 heterocycles. The van der Waals surface area contributed by atoms with Gasteiger partial charge in [0, 0.05) is 31.4 Å². The summed E-state index contributed by atoms with van der Waals surface area (Å²) in [6, 6.07) is 8.34. The average molecular weight is 366 g/mol. The van der Waals surface area contributed by atoms with Crippen LogP contribution in [0, 0.1) is 0 Å². The number of fused-ring (bicyclic) bond motifs is 1. The lowest BCUT2D eigenvalue weighted by molar-refractivity contribution is 0.353. The fourth-order valence-corrected chi connectivity index (χ4v) is 5.33. The summed E-state index contributed by atoms with van der Waals surface area (Å²) in [7, 11) is -1.31. The summed E-state index contributed by atoms with van der Waals surface area (Å²) in [5, 5.41) is 6.81. The summed E-state index contributed by atoms with van der Waals surface area (Å²) < 4.78 is 24.9. The molecule has 1 aliphatic heterocycles. The van der Waals surface area contributed by atoms with E-state index in [0.29, 0.717) is 19.6 Å². The Kier molecular flexibility index (Phi) is 4.57. The van der Waals surface area contributed by atoms with Crippen molar-refractivity contribution in [3.05, 3.63) is 35.2 Å². The van der Waals surface area contributed by atoms with E-state index in [-0.39, 0.29) is 5.75 Å². The maximum Gasteiger partial charge on any atom is 0.193 e. The van der Waals surface area contributed by atoms with Crippen LogP contribution in [-0.2, 0) is 16.4 Å². The van der Waals surface area contributed by atoms with Gasteiger partial charge in [0.2, 0.25) is 0 Å². The molecule has 0 bridgehead atoms. The second-order valence-electron chi connectivity index (χ2n) is 6.66. The van der Waals surface area contributed by atoms with E-state index in [4.69, 9.17) is 0 Å². The van der Waals surface area contributed by atoms with E-state index in [9.17, 15) is 8.42 Å². The highest BCUT2D eigenvalue weighted by Crippen LogP contribution is 2.26. The van der Waals surface area contributed by atoms with Crippen LogP contribution in [0.1, 0.15) is 19.4 Å². The van der Waals surface area contributed by atoms with Crippen LogP contribution in [0.25, 0.3) is 10.1 Å². The Balaban J connectivity index is 1.72. The molecule has 2 aromatic rings. The summed E-state index contributed by atoms with van der Waals surface area (Å²) in [6.45, 7) is 5.19. The standard InChI is InChI=1S/C17H23N3O2S2/c1-17(2)12-20(8-9-24(17,21)22)16(18-3)19-10-13-11-23-15-7-5-4-6-14(13)15/h4-7,11H,8-10,12H2,1-3H3,(H,18,19). The minimum atomic E-state index is -3.05. The first kappa shape index (κ1) is 17.2. The number of rotatable bonds is 2. The lowest BCUT2D eigenvalue weighted by Gasteiger charge is -2.39. The van der Waals surface area contributed by atoms with Gasteiger partial charge < -0.3 is 10.2 Å². The Morgan fingerprint density at radius 1 is 1.38 bits per heavy atom. The second-order valence-corrected chi connectivity index (χ2v) is 10.3. The lowest BCUT2D eigenvalue weighted by atomic mass is 10.2. The maximum absolute atomic E-state index is 12.2. The molecule has 7 heteroatoms. The number of benzene rings is 1. The molecule has 1 fully saturated rings. The molecule has 1 N–H and O–H groups in total. The van der Waals surface area contributed by atoms with Crippen LogP contribution < -0.4 is 5.32 Å². The zero-order valence-electron chi connectivity index (χ0n) is 14.2. The summed E-state index contributed by atoms with van der Waals surface area (Å²) in [6.07, 6.45) is 0. The van der Waals surface area contributed by atoms with Gasteiger partial charge in [-0.05, 0) is 36.2 Å². The zero-order chi connectivity index (χ0) is 17.4. The first-order valence-electron chi connectivity index (χ1n) is 7.97. The summed E-state index contributed by atoms with van der Waals surface area (Å²) in [4.78, 5) is 6.38. The van der Waals surface area contributed by atoms with Crippen molar-refractivity contribution in [2.45, 2.75) is 25.1 Å². The molecule has 0 aliphatic carbocycles. The number of nitrogens with one attached hydrogen (secondary N) is 1. The normalized spacial score (nSPS) is 20.3. The molecule has 0 spiro atoms. The molecule has 1 saturated heterocycles. The van der Waals surface area contributed by atoms with E-state index in [2.05, 4.69) is 27.8 Å². The van der Waals surface area contributed by atoms with E-state index < -0.39 is 14.6 Å². The van der Waals surface area contributed by atoms with Gasteiger partial charge >= 0.3 is 0 Å². The van der Waals surface area contributed by atoms with Crippen molar-refractivity contribution in [2.24, 2.45) is 4.99 Å². The Morgan fingerprint density at radius 2 is 2.12 bits per heavy atom. The van der Waals surface area contributed by atoms with Crippen LogP contribution in [0.5, 0.6) is 0 Å². The fraction of sp³-hybridized carbons (Fsp3) is 0.471. The van der Waals surface area contributed by atoms with Gasteiger partial charge in [-0.3, -0.25) is 4.99 Å². The predicted octanol–water partition coefficient (Wildman–Crippen LogP) is 2.49. The van der Waals surface area contributed by atoms with Crippen molar-refractivity contribution in [2.75, 3.05) is 25.9 Å². The van der Waals surface area contributed by atoms with Gasteiger partial charge in [0.25, 0.3) is 0 Å². The van der Waals surface area contributed by atoms with Gasteiger partial charge in [0.15, 0.2) is 15.8 Å². The molecular weight excluding hydrogens is 342 g/mol. The van der Waals surface area contributed by atoms with Crippen LogP contribution in [0.2, 0.25) is 0 Å². The van der Waals surface area contributed by atoms with E-state index >= 15 is 0 Å². The van der Waals surface area contributed by atoms with Gasteiger partial charge in [-0.1, -0.05) is 18.2 Å². The number of hydrogen-bond donors (Lipinski definition) is 1. The van der Waals surface area contributed by atoms with Crippen molar-refractivity contribution in [3.8, 4) is 0 Å². The average Bonchev–Trinajstić information content (AvgIpc) is 2.95. The molecule has 3 rings (SSSR count). The minimum Gasteiger partial charge on any atom is -0.352 e. The number of thiophene rings is 1. The highest BCUT2D eigenvalue weighted by Gasteiger charge is 2.40. The number of aliphatic imine (C=N–C) groups is 1. The first-order chi connectivity index (χ1) is 11.3. The first-order valence-corrected chi connectivity index (χ1v) is 10.5. The highest BCUT2D eigenvalue weighted by molar-refractivity contribution is 7.92. The molecule has 1 aromatic heterocycles. The van der Waals surface area contributed by atoms with E-state index in [1.54, 1.807) is 32.2 Å². The Hall–Kier alpha value is -1.60. The SMILES string of the molecule is CN=C(NCc1csc2ccccc12)N1CCS(=O)(=O)C(C)(C)C1. The predicted molar refractivity (Wildman–Crippen MR) is 101 cm³/mol. The Morgan fingerprint density at radius 3 is 2.83 bits per heavy atom. The molecular formula is C17H23N3O2S2. The number of nitrogens with zero attached hydrogens (tertiary/aromatic N) is 2. The lowest BCUT2D eigenvalue weighted by Crippen LogP contribution is -2.57. The maximum atomic E-state index is 12.2. The molecule has 0 unspecified atom stereocenters.